The third kappa shape index (κ3) is 2.41. The van der Waals surface area contributed by atoms with Gasteiger partial charge in [-0.3, -0.25) is 0 Å². The van der Waals surface area contributed by atoms with Gasteiger partial charge in [0.15, 0.2) is 0 Å². The van der Waals surface area contributed by atoms with E-state index in [1.165, 1.54) is 17.4 Å². The van der Waals surface area contributed by atoms with E-state index < -0.39 is 11.7 Å². The number of nitrogens with zero attached hydrogens (tertiary/aromatic N) is 1. The zero-order valence-electron chi connectivity index (χ0n) is 8.88. The molecule has 0 spiro atoms. The standard InChI is InChI=1S/C11H9F3N2S/c1-6-5-17-10(16-6)8-3-2-7(4-9(8)15)11(12,13)14/h2-5H,15H2,1H3. The van der Waals surface area contributed by atoms with Crippen molar-refractivity contribution >= 4 is 17.0 Å². The SMILES string of the molecule is Cc1csc(-c2ccc(C(F)(F)F)cc2N)n1. The lowest BCUT2D eigenvalue weighted by atomic mass is 10.1. The molecule has 2 nitrogen and oxygen atoms in total. The van der Waals surface area contributed by atoms with Gasteiger partial charge in [0.1, 0.15) is 5.01 Å². The summed E-state index contributed by atoms with van der Waals surface area (Å²) in [5, 5.41) is 2.46. The number of hydrogen-bond acceptors (Lipinski definition) is 3. The third-order valence-corrected chi connectivity index (χ3v) is 3.22. The number of nitrogen functional groups attached to an aromatic ring is 1. The van der Waals surface area contributed by atoms with E-state index in [0.29, 0.717) is 10.6 Å². The number of thiazole rings is 1. The molecule has 2 rings (SSSR count). The topological polar surface area (TPSA) is 38.9 Å². The first-order valence-electron chi connectivity index (χ1n) is 4.77. The summed E-state index contributed by atoms with van der Waals surface area (Å²) in [5.41, 5.74) is 6.34. The number of nitrogens with two attached hydrogens (primary N) is 1. The van der Waals surface area contributed by atoms with Crippen LogP contribution in [0.5, 0.6) is 0 Å². The fraction of sp³-hybridized carbons (Fsp3) is 0.182. The summed E-state index contributed by atoms with van der Waals surface area (Å²) in [6.07, 6.45) is -4.37. The van der Waals surface area contributed by atoms with Crippen LogP contribution in [0, 0.1) is 6.92 Å². The van der Waals surface area contributed by atoms with Gasteiger partial charge in [0.25, 0.3) is 0 Å². The maximum Gasteiger partial charge on any atom is 0.416 e. The van der Waals surface area contributed by atoms with E-state index in [-0.39, 0.29) is 5.69 Å². The molecule has 0 bridgehead atoms. The Kier molecular flexibility index (Phi) is 2.82. The van der Waals surface area contributed by atoms with Crippen LogP contribution in [-0.4, -0.2) is 4.98 Å². The Morgan fingerprint density at radius 1 is 1.29 bits per heavy atom. The molecule has 0 atom stereocenters. The van der Waals surface area contributed by atoms with Gasteiger partial charge in [0.05, 0.1) is 5.56 Å². The van der Waals surface area contributed by atoms with Crippen LogP contribution in [0.1, 0.15) is 11.3 Å². The van der Waals surface area contributed by atoms with Gasteiger partial charge >= 0.3 is 6.18 Å². The molecule has 17 heavy (non-hydrogen) atoms. The lowest BCUT2D eigenvalue weighted by Gasteiger charge is -2.09. The minimum Gasteiger partial charge on any atom is -0.398 e. The average Bonchev–Trinajstić information content (AvgIpc) is 2.63. The Labute approximate surface area is 99.9 Å². The van der Waals surface area contributed by atoms with Gasteiger partial charge in [-0.25, -0.2) is 4.98 Å². The van der Waals surface area contributed by atoms with Crippen LogP contribution < -0.4 is 5.73 Å². The molecule has 0 aliphatic carbocycles. The molecule has 2 aromatic rings. The molecule has 1 aromatic heterocycles. The van der Waals surface area contributed by atoms with Crippen LogP contribution in [0.3, 0.4) is 0 Å². The van der Waals surface area contributed by atoms with Gasteiger partial charge < -0.3 is 5.73 Å². The van der Waals surface area contributed by atoms with Crippen molar-refractivity contribution in [1.29, 1.82) is 0 Å². The van der Waals surface area contributed by atoms with Crippen molar-refractivity contribution < 1.29 is 13.2 Å². The van der Waals surface area contributed by atoms with E-state index in [2.05, 4.69) is 4.98 Å². The molecule has 0 unspecified atom stereocenters. The van der Waals surface area contributed by atoms with Gasteiger partial charge in [-0.1, -0.05) is 0 Å². The number of hydrogen-bond donors (Lipinski definition) is 1. The fourth-order valence-corrected chi connectivity index (χ4v) is 2.26. The van der Waals surface area contributed by atoms with E-state index in [4.69, 9.17) is 5.73 Å². The van der Waals surface area contributed by atoms with E-state index >= 15 is 0 Å². The largest absolute Gasteiger partial charge is 0.416 e. The Bertz CT molecular complexity index is 546. The van der Waals surface area contributed by atoms with Gasteiger partial charge in [-0.15, -0.1) is 11.3 Å². The Morgan fingerprint density at radius 2 is 2.00 bits per heavy atom. The van der Waals surface area contributed by atoms with Crippen molar-refractivity contribution in [3.8, 4) is 10.6 Å². The molecule has 0 aliphatic heterocycles. The zero-order chi connectivity index (χ0) is 12.6. The molecule has 90 valence electrons. The molecule has 0 radical (unpaired) electrons. The van der Waals surface area contributed by atoms with Crippen molar-refractivity contribution in [1.82, 2.24) is 4.98 Å². The molecule has 1 heterocycles. The van der Waals surface area contributed by atoms with E-state index in [1.54, 1.807) is 0 Å². The summed E-state index contributed by atoms with van der Waals surface area (Å²) in [5.74, 6) is 0. The number of halogens is 3. The summed E-state index contributed by atoms with van der Waals surface area (Å²) in [6, 6.07) is 3.31. The third-order valence-electron chi connectivity index (χ3n) is 2.23. The van der Waals surface area contributed by atoms with Crippen LogP contribution >= 0.6 is 11.3 Å². The van der Waals surface area contributed by atoms with Crippen molar-refractivity contribution in [2.24, 2.45) is 0 Å². The maximum atomic E-state index is 12.4. The van der Waals surface area contributed by atoms with E-state index in [0.717, 1.165) is 17.8 Å². The number of benzene rings is 1. The highest BCUT2D eigenvalue weighted by Gasteiger charge is 2.30. The molecule has 1 aromatic carbocycles. The first-order chi connectivity index (χ1) is 7.88. The van der Waals surface area contributed by atoms with Gasteiger partial charge in [0, 0.05) is 22.3 Å². The second-order valence-corrected chi connectivity index (χ2v) is 4.45. The predicted octanol–water partition coefficient (Wildman–Crippen LogP) is 3.72. The lowest BCUT2D eigenvalue weighted by Crippen LogP contribution is -2.05. The van der Waals surface area contributed by atoms with Gasteiger partial charge in [0.2, 0.25) is 0 Å². The maximum absolute atomic E-state index is 12.4. The highest BCUT2D eigenvalue weighted by molar-refractivity contribution is 7.13. The molecular weight excluding hydrogens is 249 g/mol. The second kappa shape index (κ2) is 4.03. The monoisotopic (exact) mass is 258 g/mol. The number of aryl methyl sites for hydroxylation is 1. The van der Waals surface area contributed by atoms with Crippen molar-refractivity contribution in [3.63, 3.8) is 0 Å². The van der Waals surface area contributed by atoms with Crippen LogP contribution in [0.2, 0.25) is 0 Å². The molecule has 0 aliphatic rings. The van der Waals surface area contributed by atoms with Crippen molar-refractivity contribution in [3.05, 3.63) is 34.8 Å². The molecule has 6 heteroatoms. The highest BCUT2D eigenvalue weighted by Crippen LogP contribution is 2.35. The number of anilines is 1. The highest BCUT2D eigenvalue weighted by atomic mass is 32.1. The molecule has 2 N–H and O–H groups in total. The average molecular weight is 258 g/mol. The zero-order valence-corrected chi connectivity index (χ0v) is 9.69. The molecule has 0 saturated heterocycles. The minimum absolute atomic E-state index is 0.0918. The lowest BCUT2D eigenvalue weighted by molar-refractivity contribution is -0.137. The number of rotatable bonds is 1. The Morgan fingerprint density at radius 3 is 2.47 bits per heavy atom. The first-order valence-corrected chi connectivity index (χ1v) is 5.65. The molecular formula is C11H9F3N2S. The number of alkyl halides is 3. The van der Waals surface area contributed by atoms with E-state index in [1.807, 2.05) is 12.3 Å². The van der Waals surface area contributed by atoms with Crippen LogP contribution in [0.15, 0.2) is 23.6 Å². The van der Waals surface area contributed by atoms with Crippen molar-refractivity contribution in [2.75, 3.05) is 5.73 Å². The summed E-state index contributed by atoms with van der Waals surface area (Å²) in [7, 11) is 0. The summed E-state index contributed by atoms with van der Waals surface area (Å²) >= 11 is 1.36. The predicted molar refractivity (Wildman–Crippen MR) is 61.7 cm³/mol. The van der Waals surface area contributed by atoms with Gasteiger partial charge in [-0.2, -0.15) is 13.2 Å². The van der Waals surface area contributed by atoms with Crippen LogP contribution in [0.4, 0.5) is 18.9 Å². The van der Waals surface area contributed by atoms with Crippen LogP contribution in [-0.2, 0) is 6.18 Å². The molecule has 0 amide bonds. The number of aromatic nitrogens is 1. The summed E-state index contributed by atoms with van der Waals surface area (Å²) in [4.78, 5) is 4.19. The molecule has 0 saturated carbocycles. The fourth-order valence-electron chi connectivity index (χ4n) is 1.41. The van der Waals surface area contributed by atoms with Gasteiger partial charge in [-0.05, 0) is 25.1 Å². The quantitative estimate of drug-likeness (QED) is 0.792. The van der Waals surface area contributed by atoms with Crippen LogP contribution in [0.25, 0.3) is 10.6 Å². The Hall–Kier alpha value is -1.56. The smallest absolute Gasteiger partial charge is 0.398 e. The summed E-state index contributed by atoms with van der Waals surface area (Å²) in [6.45, 7) is 1.82. The van der Waals surface area contributed by atoms with E-state index in [9.17, 15) is 13.2 Å². The first kappa shape index (κ1) is 11.9. The van der Waals surface area contributed by atoms with Crippen molar-refractivity contribution in [2.45, 2.75) is 13.1 Å². The molecule has 0 fully saturated rings. The summed E-state index contributed by atoms with van der Waals surface area (Å²) < 4.78 is 37.3. The second-order valence-electron chi connectivity index (χ2n) is 3.59. The Balaban J connectivity index is 2.45. The normalized spacial score (nSPS) is 11.8. The minimum atomic E-state index is -4.37.